The van der Waals surface area contributed by atoms with Crippen molar-refractivity contribution in [2.24, 2.45) is 5.10 Å². The van der Waals surface area contributed by atoms with E-state index < -0.39 is 4.70 Å². The van der Waals surface area contributed by atoms with Gasteiger partial charge in [-0.25, -0.2) is 9.18 Å². The van der Waals surface area contributed by atoms with E-state index in [0.29, 0.717) is 30.9 Å². The number of carbonyl (C=O) groups is 1. The van der Waals surface area contributed by atoms with Crippen LogP contribution in [-0.4, -0.2) is 54.9 Å². The van der Waals surface area contributed by atoms with Crippen LogP contribution in [0.5, 0.6) is 0 Å². The lowest BCUT2D eigenvalue weighted by molar-refractivity contribution is 0.0197. The van der Waals surface area contributed by atoms with E-state index in [1.807, 2.05) is 35.3 Å². The molecular weight excluding hydrogens is 455 g/mol. The number of fused-ring (bicyclic) bond motifs is 2. The van der Waals surface area contributed by atoms with E-state index in [2.05, 4.69) is 39.8 Å². The lowest BCUT2D eigenvalue weighted by atomic mass is 10.0. The molecule has 7 nitrogen and oxygen atoms in total. The quantitative estimate of drug-likeness (QED) is 0.535. The number of hydrogen-bond acceptors (Lipinski definition) is 5. The van der Waals surface area contributed by atoms with E-state index in [0.717, 1.165) is 43.9 Å². The second-order valence-corrected chi connectivity index (χ2v) is 9.57. The van der Waals surface area contributed by atoms with Crippen LogP contribution in [-0.2, 0) is 19.5 Å². The highest BCUT2D eigenvalue weighted by Crippen LogP contribution is 2.39. The molecule has 1 unspecified atom stereocenters. The van der Waals surface area contributed by atoms with E-state index in [1.165, 1.54) is 17.2 Å². The first kappa shape index (κ1) is 23.0. The summed E-state index contributed by atoms with van der Waals surface area (Å²) in [5.74, 6) is -0.343. The van der Waals surface area contributed by atoms with Gasteiger partial charge in [0.05, 0.1) is 24.9 Å². The summed E-state index contributed by atoms with van der Waals surface area (Å²) in [7, 11) is 0. The smallest absolute Gasteiger partial charge is 0.314 e. The van der Waals surface area contributed by atoms with Crippen molar-refractivity contribution in [1.29, 1.82) is 0 Å². The number of quaternary nitrogens is 1. The number of para-hydroxylation sites is 1. The van der Waals surface area contributed by atoms with E-state index in [1.54, 1.807) is 12.3 Å². The number of hydrogen-bond donors (Lipinski definition) is 2. The summed E-state index contributed by atoms with van der Waals surface area (Å²) in [6.45, 7) is 5.34. The fourth-order valence-corrected chi connectivity index (χ4v) is 5.50. The molecule has 6 rings (SSSR count). The summed E-state index contributed by atoms with van der Waals surface area (Å²) in [6.07, 6.45) is 2.44. The Labute approximate surface area is 210 Å². The number of benzene rings is 3. The van der Waals surface area contributed by atoms with Crippen molar-refractivity contribution in [3.63, 3.8) is 0 Å². The number of urea groups is 1. The van der Waals surface area contributed by atoms with Gasteiger partial charge < -0.3 is 5.32 Å². The Bertz CT molecular complexity index is 1280. The van der Waals surface area contributed by atoms with Gasteiger partial charge in [0.1, 0.15) is 5.82 Å². The van der Waals surface area contributed by atoms with Gasteiger partial charge in [0.25, 0.3) is 0 Å². The Morgan fingerprint density at radius 2 is 1.69 bits per heavy atom. The van der Waals surface area contributed by atoms with Crippen LogP contribution in [0.25, 0.3) is 0 Å². The third-order valence-corrected chi connectivity index (χ3v) is 7.31. The highest BCUT2D eigenvalue weighted by molar-refractivity contribution is 6.05. The molecule has 3 heterocycles. The predicted octanol–water partition coefficient (Wildman–Crippen LogP) is 4.09. The normalized spacial score (nSPS) is 21.4. The Hall–Kier alpha value is -3.43. The SMILES string of the molecule is O=C(Nc1ccccc1)[N+]1(N2CCNCC2)N=Cc2c(CCN3Cc4ccccc4C3)cc(F)cc21. The van der Waals surface area contributed by atoms with Crippen LogP contribution in [0.1, 0.15) is 22.3 Å². The molecule has 184 valence electrons. The van der Waals surface area contributed by atoms with Crippen molar-refractivity contribution >= 4 is 23.6 Å². The zero-order valence-electron chi connectivity index (χ0n) is 20.2. The number of nitrogens with zero attached hydrogens (tertiary/aromatic N) is 4. The number of halogens is 1. The van der Waals surface area contributed by atoms with Crippen LogP contribution in [0.15, 0.2) is 71.8 Å². The Morgan fingerprint density at radius 3 is 2.42 bits per heavy atom. The molecule has 1 fully saturated rings. The number of amides is 2. The Morgan fingerprint density at radius 1 is 1.00 bits per heavy atom. The van der Waals surface area contributed by atoms with Gasteiger partial charge in [-0.1, -0.05) is 47.6 Å². The minimum Gasteiger partial charge on any atom is -0.314 e. The van der Waals surface area contributed by atoms with Crippen LogP contribution >= 0.6 is 0 Å². The molecule has 2 amide bonds. The molecule has 8 heteroatoms. The minimum absolute atomic E-state index is 0.315. The molecule has 3 aromatic carbocycles. The molecule has 36 heavy (non-hydrogen) atoms. The largest absolute Gasteiger partial charge is 0.473 e. The predicted molar refractivity (Wildman–Crippen MR) is 140 cm³/mol. The van der Waals surface area contributed by atoms with Gasteiger partial charge in [0, 0.05) is 44.5 Å². The van der Waals surface area contributed by atoms with Gasteiger partial charge in [-0.3, -0.25) is 10.2 Å². The van der Waals surface area contributed by atoms with Gasteiger partial charge in [-0.2, -0.15) is 0 Å². The molecule has 1 atom stereocenters. The van der Waals surface area contributed by atoms with Crippen LogP contribution in [0, 0.1) is 5.82 Å². The molecule has 3 aliphatic rings. The molecule has 0 spiro atoms. The first-order valence-corrected chi connectivity index (χ1v) is 12.5. The maximum atomic E-state index is 15.1. The number of nitrogens with one attached hydrogen (secondary N) is 2. The molecule has 0 bridgehead atoms. The lowest BCUT2D eigenvalue weighted by Gasteiger charge is -2.38. The van der Waals surface area contributed by atoms with Gasteiger partial charge in [0.2, 0.25) is 5.69 Å². The van der Waals surface area contributed by atoms with Crippen molar-refractivity contribution in [3.05, 3.63) is 94.8 Å². The zero-order valence-corrected chi connectivity index (χ0v) is 20.2. The number of piperazine rings is 1. The number of carbonyl (C=O) groups excluding carboxylic acids is 1. The van der Waals surface area contributed by atoms with Gasteiger partial charge in [-0.15, -0.1) is 5.01 Å². The third-order valence-electron chi connectivity index (χ3n) is 7.31. The van der Waals surface area contributed by atoms with Crippen LogP contribution in [0.3, 0.4) is 0 Å². The third kappa shape index (κ3) is 4.12. The van der Waals surface area contributed by atoms with Crippen molar-refractivity contribution in [1.82, 2.24) is 19.9 Å². The molecule has 1 saturated heterocycles. The Kier molecular flexibility index (Phi) is 6.10. The molecule has 0 radical (unpaired) electrons. The zero-order chi connectivity index (χ0) is 24.5. The first-order valence-electron chi connectivity index (χ1n) is 12.5. The minimum atomic E-state index is -0.397. The fourth-order valence-electron chi connectivity index (χ4n) is 5.50. The van der Waals surface area contributed by atoms with E-state index in [4.69, 9.17) is 5.10 Å². The summed E-state index contributed by atoms with van der Waals surface area (Å²) in [5, 5.41) is 13.1. The molecule has 0 saturated carbocycles. The average Bonchev–Trinajstić information content (AvgIpc) is 3.50. The highest BCUT2D eigenvalue weighted by Gasteiger charge is 2.52. The lowest BCUT2D eigenvalue weighted by Crippen LogP contribution is -2.66. The number of rotatable bonds is 5. The van der Waals surface area contributed by atoms with E-state index in [-0.39, 0.29) is 11.8 Å². The summed E-state index contributed by atoms with van der Waals surface area (Å²) in [4.78, 5) is 16.3. The first-order chi connectivity index (χ1) is 17.6. The summed E-state index contributed by atoms with van der Waals surface area (Å²) in [5.41, 5.74) is 5.70. The van der Waals surface area contributed by atoms with Gasteiger partial charge in [-0.05, 0) is 46.0 Å². The number of anilines is 1. The van der Waals surface area contributed by atoms with Crippen molar-refractivity contribution in [2.45, 2.75) is 19.5 Å². The molecule has 0 aromatic heterocycles. The van der Waals surface area contributed by atoms with Crippen LogP contribution in [0.4, 0.5) is 20.6 Å². The molecule has 2 N–H and O–H groups in total. The molecule has 0 aliphatic carbocycles. The van der Waals surface area contributed by atoms with Crippen molar-refractivity contribution in [2.75, 3.05) is 38.0 Å². The maximum Gasteiger partial charge on any atom is 0.473 e. The summed E-state index contributed by atoms with van der Waals surface area (Å²) < 4.78 is 14.7. The average molecular weight is 486 g/mol. The Balaban J connectivity index is 1.31. The van der Waals surface area contributed by atoms with Gasteiger partial charge >= 0.3 is 6.03 Å². The molecular formula is C28H30FN6O+. The monoisotopic (exact) mass is 485 g/mol. The second kappa shape index (κ2) is 9.55. The summed E-state index contributed by atoms with van der Waals surface area (Å²) in [6, 6.07) is 20.6. The standard InChI is InChI=1S/C28H29FN6O/c29-24-16-21(10-13-33-19-22-6-4-5-7-23(22)20-33)26-18-31-35(27(26)17-24,34-14-11-30-12-15-34)28(36)32-25-8-2-1-3-9-25/h1-9,16-18,30H,10-15,19-20H2/p+1. The molecule has 3 aliphatic heterocycles. The summed E-state index contributed by atoms with van der Waals surface area (Å²) >= 11 is 0. The highest BCUT2D eigenvalue weighted by atomic mass is 19.1. The second-order valence-electron chi connectivity index (χ2n) is 9.57. The van der Waals surface area contributed by atoms with Crippen LogP contribution in [0.2, 0.25) is 0 Å². The van der Waals surface area contributed by atoms with Crippen molar-refractivity contribution in [3.8, 4) is 0 Å². The van der Waals surface area contributed by atoms with Gasteiger partial charge in [0.15, 0.2) is 0 Å². The maximum absolute atomic E-state index is 15.1. The fraction of sp³-hybridized carbons (Fsp3) is 0.286. The molecule has 3 aromatic rings. The topological polar surface area (TPSA) is 60.0 Å². The van der Waals surface area contributed by atoms with Crippen LogP contribution < -0.4 is 15.3 Å². The van der Waals surface area contributed by atoms with E-state index >= 15 is 4.39 Å². The van der Waals surface area contributed by atoms with E-state index in [9.17, 15) is 4.79 Å². The van der Waals surface area contributed by atoms with Crippen molar-refractivity contribution < 1.29 is 9.18 Å².